The first kappa shape index (κ1) is 17.2. The minimum absolute atomic E-state index is 0.355. The van der Waals surface area contributed by atoms with Gasteiger partial charge in [-0.15, -0.1) is 11.3 Å². The standard InChI is InChI=1S/C17H19NO4S/c1-12-5-7-13(8-6-12)15(16(19)18-9-10-21-2)22-17(20)14-4-3-11-23-14/h3-8,11,15H,9-10H2,1-2H3,(H,18,19). The fourth-order valence-electron chi connectivity index (χ4n) is 1.94. The van der Waals surface area contributed by atoms with Gasteiger partial charge in [0.1, 0.15) is 4.88 Å². The summed E-state index contributed by atoms with van der Waals surface area (Å²) >= 11 is 1.28. The van der Waals surface area contributed by atoms with Crippen molar-refractivity contribution in [2.75, 3.05) is 20.3 Å². The molecule has 1 heterocycles. The van der Waals surface area contributed by atoms with Crippen LogP contribution in [0.4, 0.5) is 0 Å². The zero-order valence-corrected chi connectivity index (χ0v) is 13.9. The maximum atomic E-state index is 12.4. The van der Waals surface area contributed by atoms with E-state index in [2.05, 4.69) is 5.32 Å². The highest BCUT2D eigenvalue weighted by Gasteiger charge is 2.25. The van der Waals surface area contributed by atoms with E-state index in [0.29, 0.717) is 23.6 Å². The Morgan fingerprint density at radius 2 is 1.96 bits per heavy atom. The van der Waals surface area contributed by atoms with Crippen LogP contribution in [0, 0.1) is 6.92 Å². The van der Waals surface area contributed by atoms with Gasteiger partial charge >= 0.3 is 5.97 Å². The molecule has 6 heteroatoms. The lowest BCUT2D eigenvalue weighted by Gasteiger charge is -2.18. The Hall–Kier alpha value is -2.18. The number of esters is 1. The first-order chi connectivity index (χ1) is 11.1. The summed E-state index contributed by atoms with van der Waals surface area (Å²) in [5.74, 6) is -0.872. The number of thiophene rings is 1. The molecule has 2 aromatic rings. The second-order valence-corrected chi connectivity index (χ2v) is 5.90. The Labute approximate surface area is 139 Å². The molecule has 0 aliphatic heterocycles. The molecule has 1 unspecified atom stereocenters. The number of hydrogen-bond acceptors (Lipinski definition) is 5. The van der Waals surface area contributed by atoms with E-state index in [-0.39, 0.29) is 5.91 Å². The zero-order chi connectivity index (χ0) is 16.7. The predicted molar refractivity (Wildman–Crippen MR) is 88.5 cm³/mol. The molecule has 0 aliphatic rings. The van der Waals surface area contributed by atoms with Gasteiger partial charge in [-0.05, 0) is 18.4 Å². The number of nitrogens with one attached hydrogen (secondary N) is 1. The number of ether oxygens (including phenoxy) is 2. The van der Waals surface area contributed by atoms with Crippen LogP contribution in [0.2, 0.25) is 0 Å². The van der Waals surface area contributed by atoms with Gasteiger partial charge in [-0.2, -0.15) is 0 Å². The maximum Gasteiger partial charge on any atom is 0.349 e. The maximum absolute atomic E-state index is 12.4. The molecule has 0 fully saturated rings. The van der Waals surface area contributed by atoms with E-state index in [0.717, 1.165) is 5.56 Å². The van der Waals surface area contributed by atoms with E-state index in [4.69, 9.17) is 9.47 Å². The van der Waals surface area contributed by atoms with Crippen LogP contribution in [0.5, 0.6) is 0 Å². The lowest BCUT2D eigenvalue weighted by Crippen LogP contribution is -2.34. The topological polar surface area (TPSA) is 64.6 Å². The highest BCUT2D eigenvalue weighted by atomic mass is 32.1. The third kappa shape index (κ3) is 4.91. The Morgan fingerprint density at radius 3 is 2.57 bits per heavy atom. The minimum Gasteiger partial charge on any atom is -0.443 e. The van der Waals surface area contributed by atoms with Gasteiger partial charge in [-0.1, -0.05) is 35.9 Å². The normalized spacial score (nSPS) is 11.7. The number of benzene rings is 1. The SMILES string of the molecule is COCCNC(=O)C(OC(=O)c1cccs1)c1ccc(C)cc1. The van der Waals surface area contributed by atoms with Crippen molar-refractivity contribution in [3.8, 4) is 0 Å². The smallest absolute Gasteiger partial charge is 0.349 e. The molecule has 1 atom stereocenters. The van der Waals surface area contributed by atoms with E-state index in [1.807, 2.05) is 19.1 Å². The van der Waals surface area contributed by atoms with E-state index < -0.39 is 12.1 Å². The fraction of sp³-hybridized carbons (Fsp3) is 0.294. The van der Waals surface area contributed by atoms with E-state index >= 15 is 0 Å². The van der Waals surface area contributed by atoms with Gasteiger partial charge in [0, 0.05) is 19.2 Å². The van der Waals surface area contributed by atoms with Crippen LogP contribution in [-0.2, 0) is 14.3 Å². The van der Waals surface area contributed by atoms with Crippen LogP contribution >= 0.6 is 11.3 Å². The number of carbonyl (C=O) groups excluding carboxylic acids is 2. The van der Waals surface area contributed by atoms with Crippen LogP contribution in [0.1, 0.15) is 26.9 Å². The summed E-state index contributed by atoms with van der Waals surface area (Å²) in [6, 6.07) is 10.8. The molecule has 5 nitrogen and oxygen atoms in total. The summed E-state index contributed by atoms with van der Waals surface area (Å²) in [4.78, 5) is 25.0. The lowest BCUT2D eigenvalue weighted by atomic mass is 10.1. The number of amides is 1. The number of hydrogen-bond donors (Lipinski definition) is 1. The molecule has 0 radical (unpaired) electrons. The molecule has 1 aromatic heterocycles. The van der Waals surface area contributed by atoms with Gasteiger partial charge < -0.3 is 14.8 Å². The van der Waals surface area contributed by atoms with E-state index in [9.17, 15) is 9.59 Å². The number of rotatable bonds is 7. The Kier molecular flexibility index (Phi) is 6.31. The van der Waals surface area contributed by atoms with Crippen molar-refractivity contribution in [3.63, 3.8) is 0 Å². The predicted octanol–water partition coefficient (Wildman–Crippen LogP) is 2.72. The van der Waals surface area contributed by atoms with Crippen molar-refractivity contribution in [1.82, 2.24) is 5.32 Å². The van der Waals surface area contributed by atoms with Crippen LogP contribution in [-0.4, -0.2) is 32.1 Å². The summed E-state index contributed by atoms with van der Waals surface area (Å²) in [5.41, 5.74) is 1.70. The lowest BCUT2D eigenvalue weighted by molar-refractivity contribution is -0.130. The molecule has 1 amide bonds. The average Bonchev–Trinajstić information content (AvgIpc) is 3.08. The van der Waals surface area contributed by atoms with Crippen molar-refractivity contribution < 1.29 is 19.1 Å². The molecule has 122 valence electrons. The van der Waals surface area contributed by atoms with Crippen molar-refractivity contribution in [3.05, 3.63) is 57.8 Å². The molecule has 0 aliphatic carbocycles. The summed E-state index contributed by atoms with van der Waals surface area (Å²) in [6.07, 6.45) is -0.984. The molecule has 23 heavy (non-hydrogen) atoms. The minimum atomic E-state index is -0.984. The Morgan fingerprint density at radius 1 is 1.22 bits per heavy atom. The zero-order valence-electron chi connectivity index (χ0n) is 13.1. The average molecular weight is 333 g/mol. The van der Waals surface area contributed by atoms with Gasteiger partial charge in [0.15, 0.2) is 0 Å². The first-order valence-corrected chi connectivity index (χ1v) is 8.07. The van der Waals surface area contributed by atoms with Crippen molar-refractivity contribution in [1.29, 1.82) is 0 Å². The number of carbonyl (C=O) groups is 2. The van der Waals surface area contributed by atoms with Crippen LogP contribution in [0.25, 0.3) is 0 Å². The molecule has 0 spiro atoms. The Bertz CT molecular complexity index is 637. The summed E-state index contributed by atoms with van der Waals surface area (Å²) in [6.45, 7) is 2.70. The molecule has 0 saturated carbocycles. The second kappa shape index (κ2) is 8.45. The molecular weight excluding hydrogens is 314 g/mol. The third-order valence-corrected chi connectivity index (χ3v) is 4.02. The van der Waals surface area contributed by atoms with Gasteiger partial charge in [-0.25, -0.2) is 4.79 Å². The van der Waals surface area contributed by atoms with Crippen molar-refractivity contribution in [2.45, 2.75) is 13.0 Å². The summed E-state index contributed by atoms with van der Waals surface area (Å²) < 4.78 is 10.3. The van der Waals surface area contributed by atoms with Crippen LogP contribution in [0.3, 0.4) is 0 Å². The summed E-state index contributed by atoms with van der Waals surface area (Å²) in [5, 5.41) is 4.50. The molecule has 0 bridgehead atoms. The quantitative estimate of drug-likeness (QED) is 0.625. The van der Waals surface area contributed by atoms with Gasteiger partial charge in [0.05, 0.1) is 6.61 Å². The van der Waals surface area contributed by atoms with Crippen molar-refractivity contribution >= 4 is 23.2 Å². The van der Waals surface area contributed by atoms with Gasteiger partial charge in [0.25, 0.3) is 5.91 Å². The van der Waals surface area contributed by atoms with Crippen LogP contribution < -0.4 is 5.32 Å². The summed E-state index contributed by atoms with van der Waals surface area (Å²) in [7, 11) is 1.56. The Balaban J connectivity index is 2.15. The number of aryl methyl sites for hydroxylation is 1. The monoisotopic (exact) mass is 333 g/mol. The highest BCUT2D eigenvalue weighted by Crippen LogP contribution is 2.21. The fourth-order valence-corrected chi connectivity index (χ4v) is 2.55. The van der Waals surface area contributed by atoms with Crippen molar-refractivity contribution in [2.24, 2.45) is 0 Å². The van der Waals surface area contributed by atoms with E-state index in [1.54, 1.807) is 36.8 Å². The van der Waals surface area contributed by atoms with Gasteiger partial charge in [0.2, 0.25) is 6.10 Å². The van der Waals surface area contributed by atoms with Gasteiger partial charge in [-0.3, -0.25) is 4.79 Å². The molecule has 0 saturated heterocycles. The molecular formula is C17H19NO4S. The molecule has 1 aromatic carbocycles. The third-order valence-electron chi connectivity index (χ3n) is 3.17. The second-order valence-electron chi connectivity index (χ2n) is 4.96. The highest BCUT2D eigenvalue weighted by molar-refractivity contribution is 7.11. The largest absolute Gasteiger partial charge is 0.443 e. The van der Waals surface area contributed by atoms with E-state index in [1.165, 1.54) is 11.3 Å². The van der Waals surface area contributed by atoms with Crippen LogP contribution in [0.15, 0.2) is 41.8 Å². The molecule has 2 rings (SSSR count). The first-order valence-electron chi connectivity index (χ1n) is 7.19. The molecule has 1 N–H and O–H groups in total. The number of methoxy groups -OCH3 is 1.